The van der Waals surface area contributed by atoms with Crippen LogP contribution in [-0.4, -0.2) is 30.6 Å². The first kappa shape index (κ1) is 16.5. The molecule has 0 fully saturated rings. The van der Waals surface area contributed by atoms with Crippen molar-refractivity contribution in [3.8, 4) is 0 Å². The quantitative estimate of drug-likeness (QED) is 0.628. The topological polar surface area (TPSA) is 110 Å². The summed E-state index contributed by atoms with van der Waals surface area (Å²) >= 11 is 0. The van der Waals surface area contributed by atoms with E-state index in [0.717, 1.165) is 6.07 Å². The molecular formula is C12H18N2O5S. The van der Waals surface area contributed by atoms with Crippen LogP contribution in [0.2, 0.25) is 0 Å². The Balaban J connectivity index is 3.37. The Kier molecular flexibility index (Phi) is 4.52. The van der Waals surface area contributed by atoms with Gasteiger partial charge in [0.25, 0.3) is 5.69 Å². The molecular weight excluding hydrogens is 284 g/mol. The third kappa shape index (κ3) is 3.53. The number of nitro benzene ring substituents is 1. The van der Waals surface area contributed by atoms with Gasteiger partial charge in [-0.25, -0.2) is 13.1 Å². The number of benzene rings is 1. The highest BCUT2D eigenvalue weighted by Crippen LogP contribution is 2.26. The van der Waals surface area contributed by atoms with Crippen LogP contribution in [0.5, 0.6) is 0 Å². The van der Waals surface area contributed by atoms with E-state index in [1.165, 1.54) is 19.9 Å². The third-order valence-corrected chi connectivity index (χ3v) is 4.60. The minimum absolute atomic E-state index is 0.186. The molecule has 112 valence electrons. The van der Waals surface area contributed by atoms with Crippen LogP contribution in [-0.2, 0) is 10.0 Å². The predicted octanol–water partition coefficient (Wildman–Crippen LogP) is 1.26. The maximum atomic E-state index is 12.2. The molecule has 0 spiro atoms. The lowest BCUT2D eigenvalue weighted by atomic mass is 10.1. The summed E-state index contributed by atoms with van der Waals surface area (Å²) in [6, 6.07) is 2.40. The van der Waals surface area contributed by atoms with E-state index in [-0.39, 0.29) is 17.2 Å². The largest absolute Gasteiger partial charge is 0.394 e. The number of nitrogens with one attached hydrogen (secondary N) is 1. The first-order valence-electron chi connectivity index (χ1n) is 5.90. The van der Waals surface area contributed by atoms with E-state index in [4.69, 9.17) is 5.11 Å². The van der Waals surface area contributed by atoms with Crippen molar-refractivity contribution < 1.29 is 18.4 Å². The van der Waals surface area contributed by atoms with Crippen molar-refractivity contribution in [1.82, 2.24) is 4.72 Å². The molecule has 0 saturated heterocycles. The Morgan fingerprint density at radius 1 is 1.35 bits per heavy atom. The molecule has 1 rings (SSSR count). The van der Waals surface area contributed by atoms with Crippen molar-refractivity contribution in [2.45, 2.75) is 38.1 Å². The van der Waals surface area contributed by atoms with Gasteiger partial charge in [0.05, 0.1) is 22.0 Å². The van der Waals surface area contributed by atoms with Crippen LogP contribution in [0.25, 0.3) is 0 Å². The number of hydrogen-bond acceptors (Lipinski definition) is 5. The summed E-state index contributed by atoms with van der Waals surface area (Å²) < 4.78 is 26.7. The Hall–Kier alpha value is -1.51. The molecule has 2 N–H and O–H groups in total. The van der Waals surface area contributed by atoms with Gasteiger partial charge in [-0.15, -0.1) is 0 Å². The van der Waals surface area contributed by atoms with Gasteiger partial charge in [-0.05, 0) is 39.3 Å². The van der Waals surface area contributed by atoms with Gasteiger partial charge in [-0.1, -0.05) is 0 Å². The monoisotopic (exact) mass is 302 g/mol. The smallest absolute Gasteiger partial charge is 0.273 e. The van der Waals surface area contributed by atoms with Crippen molar-refractivity contribution in [2.75, 3.05) is 6.61 Å². The van der Waals surface area contributed by atoms with Gasteiger partial charge < -0.3 is 5.11 Å². The van der Waals surface area contributed by atoms with E-state index in [1.807, 2.05) is 0 Å². The fourth-order valence-corrected chi connectivity index (χ4v) is 3.12. The summed E-state index contributed by atoms with van der Waals surface area (Å²) in [4.78, 5) is 10.1. The predicted molar refractivity (Wildman–Crippen MR) is 74.1 cm³/mol. The zero-order valence-electron chi connectivity index (χ0n) is 11.8. The number of nitro groups is 1. The fourth-order valence-electron chi connectivity index (χ4n) is 1.61. The summed E-state index contributed by atoms with van der Waals surface area (Å²) in [7, 11) is -3.94. The lowest BCUT2D eigenvalue weighted by Gasteiger charge is -2.23. The highest BCUT2D eigenvalue weighted by Gasteiger charge is 2.28. The number of nitrogens with zero attached hydrogens (tertiary/aromatic N) is 1. The molecule has 0 aromatic heterocycles. The number of hydrogen-bond donors (Lipinski definition) is 2. The summed E-state index contributed by atoms with van der Waals surface area (Å²) in [6.07, 6.45) is 0. The van der Waals surface area contributed by atoms with Crippen LogP contribution in [0.4, 0.5) is 5.69 Å². The van der Waals surface area contributed by atoms with Gasteiger partial charge in [0, 0.05) is 11.6 Å². The minimum Gasteiger partial charge on any atom is -0.394 e. The van der Waals surface area contributed by atoms with Crippen LogP contribution in [0, 0.1) is 24.0 Å². The molecule has 0 radical (unpaired) electrons. The molecule has 0 aliphatic carbocycles. The molecule has 0 heterocycles. The Morgan fingerprint density at radius 3 is 2.35 bits per heavy atom. The molecule has 0 bridgehead atoms. The Labute approximate surface area is 117 Å². The molecule has 0 aliphatic rings. The maximum Gasteiger partial charge on any atom is 0.273 e. The normalized spacial score (nSPS) is 12.4. The van der Waals surface area contributed by atoms with Crippen molar-refractivity contribution in [1.29, 1.82) is 0 Å². The summed E-state index contributed by atoms with van der Waals surface area (Å²) in [5, 5.41) is 20.1. The molecule has 1 aromatic carbocycles. The number of aryl methyl sites for hydroxylation is 1. The standard InChI is InChI=1S/C12H18N2O5S/c1-8-5-10(6-11(9(8)2)14(16)17)20(18,19)13-12(3,4)7-15/h5-6,13,15H,7H2,1-4H3. The van der Waals surface area contributed by atoms with Crippen LogP contribution >= 0.6 is 0 Å². The number of sulfonamides is 1. The molecule has 1 aromatic rings. The van der Waals surface area contributed by atoms with Crippen LogP contribution in [0.15, 0.2) is 17.0 Å². The van der Waals surface area contributed by atoms with E-state index in [9.17, 15) is 18.5 Å². The van der Waals surface area contributed by atoms with Gasteiger partial charge in [0.1, 0.15) is 0 Å². The highest BCUT2D eigenvalue weighted by molar-refractivity contribution is 7.89. The van der Waals surface area contributed by atoms with Gasteiger partial charge in [0.2, 0.25) is 10.0 Å². The second-order valence-corrected chi connectivity index (χ2v) is 6.97. The molecule has 0 saturated carbocycles. The third-order valence-electron chi connectivity index (χ3n) is 2.93. The molecule has 20 heavy (non-hydrogen) atoms. The molecule has 7 nitrogen and oxygen atoms in total. The summed E-state index contributed by atoms with van der Waals surface area (Å²) in [6.45, 7) is 5.81. The summed E-state index contributed by atoms with van der Waals surface area (Å²) in [5.41, 5.74) is -0.351. The zero-order chi connectivity index (χ0) is 15.7. The molecule has 0 aliphatic heterocycles. The van der Waals surface area contributed by atoms with E-state index < -0.39 is 20.5 Å². The van der Waals surface area contributed by atoms with Gasteiger partial charge in [-0.2, -0.15) is 0 Å². The Morgan fingerprint density at radius 2 is 1.90 bits per heavy atom. The second kappa shape index (κ2) is 5.47. The van der Waals surface area contributed by atoms with Crippen LogP contribution < -0.4 is 4.72 Å². The fraction of sp³-hybridized carbons (Fsp3) is 0.500. The first-order valence-corrected chi connectivity index (χ1v) is 7.39. The maximum absolute atomic E-state index is 12.2. The SMILES string of the molecule is Cc1cc(S(=O)(=O)NC(C)(C)CO)cc([N+](=O)[O-])c1C. The van der Waals surface area contributed by atoms with Crippen molar-refractivity contribution in [3.05, 3.63) is 33.4 Å². The van der Waals surface area contributed by atoms with Crippen molar-refractivity contribution >= 4 is 15.7 Å². The zero-order valence-corrected chi connectivity index (χ0v) is 12.6. The van der Waals surface area contributed by atoms with Crippen molar-refractivity contribution in [3.63, 3.8) is 0 Å². The van der Waals surface area contributed by atoms with Crippen LogP contribution in [0.3, 0.4) is 0 Å². The number of aliphatic hydroxyl groups is 1. The van der Waals surface area contributed by atoms with E-state index in [0.29, 0.717) is 11.1 Å². The lowest BCUT2D eigenvalue weighted by molar-refractivity contribution is -0.385. The molecule has 0 unspecified atom stereocenters. The minimum atomic E-state index is -3.94. The van der Waals surface area contributed by atoms with E-state index in [1.54, 1.807) is 13.8 Å². The first-order chi connectivity index (χ1) is 9.00. The van der Waals surface area contributed by atoms with Crippen molar-refractivity contribution in [2.24, 2.45) is 0 Å². The second-order valence-electron chi connectivity index (χ2n) is 5.29. The van der Waals surface area contributed by atoms with Gasteiger partial charge >= 0.3 is 0 Å². The number of aliphatic hydroxyl groups excluding tert-OH is 1. The molecule has 0 atom stereocenters. The Bertz CT molecular complexity index is 637. The van der Waals surface area contributed by atoms with E-state index in [2.05, 4.69) is 4.72 Å². The highest BCUT2D eigenvalue weighted by atomic mass is 32.2. The summed E-state index contributed by atoms with van der Waals surface area (Å²) in [5.74, 6) is 0. The van der Waals surface area contributed by atoms with E-state index >= 15 is 0 Å². The van der Waals surface area contributed by atoms with Gasteiger partial charge in [0.15, 0.2) is 0 Å². The van der Waals surface area contributed by atoms with Gasteiger partial charge in [-0.3, -0.25) is 10.1 Å². The average molecular weight is 302 g/mol. The molecule has 0 amide bonds. The average Bonchev–Trinajstić information content (AvgIpc) is 2.30. The number of rotatable bonds is 5. The molecule has 8 heteroatoms. The lowest BCUT2D eigenvalue weighted by Crippen LogP contribution is -2.46. The van der Waals surface area contributed by atoms with Crippen LogP contribution in [0.1, 0.15) is 25.0 Å².